The summed E-state index contributed by atoms with van der Waals surface area (Å²) in [7, 11) is 4.17. The molecule has 1 amide bonds. The fraction of sp³-hybridized carbons (Fsp3) is 0.406. The van der Waals surface area contributed by atoms with Crippen molar-refractivity contribution in [3.8, 4) is 5.75 Å². The molecule has 0 saturated carbocycles. The van der Waals surface area contributed by atoms with Gasteiger partial charge in [-0.2, -0.15) is 0 Å². The van der Waals surface area contributed by atoms with Crippen molar-refractivity contribution >= 4 is 5.91 Å². The average molecular weight is 517 g/mol. The van der Waals surface area contributed by atoms with E-state index in [2.05, 4.69) is 65.7 Å². The molecule has 6 nitrogen and oxygen atoms in total. The summed E-state index contributed by atoms with van der Waals surface area (Å²) in [4.78, 5) is 17.1. The first-order chi connectivity index (χ1) is 18.5. The van der Waals surface area contributed by atoms with Crippen LogP contribution >= 0.6 is 0 Å². The van der Waals surface area contributed by atoms with Gasteiger partial charge in [0.2, 0.25) is 0 Å². The largest absolute Gasteiger partial charge is 0.494 e. The maximum absolute atomic E-state index is 12.4. The van der Waals surface area contributed by atoms with Crippen molar-refractivity contribution in [2.24, 2.45) is 0 Å². The highest BCUT2D eigenvalue weighted by molar-refractivity contribution is 5.94. The molecule has 204 valence electrons. The van der Waals surface area contributed by atoms with Crippen LogP contribution in [-0.2, 0) is 19.6 Å². The molecule has 3 aromatic carbocycles. The van der Waals surface area contributed by atoms with Gasteiger partial charge in [-0.3, -0.25) is 9.69 Å². The summed E-state index contributed by atoms with van der Waals surface area (Å²) < 4.78 is 5.86. The molecule has 3 aromatic rings. The lowest BCUT2D eigenvalue weighted by Crippen LogP contribution is -2.32. The second kappa shape index (κ2) is 16.6. The van der Waals surface area contributed by atoms with E-state index in [-0.39, 0.29) is 5.91 Å². The van der Waals surface area contributed by atoms with Crippen molar-refractivity contribution < 1.29 is 9.53 Å². The Morgan fingerprint density at radius 3 is 2.16 bits per heavy atom. The monoisotopic (exact) mass is 516 g/mol. The second-order valence-corrected chi connectivity index (χ2v) is 9.97. The summed E-state index contributed by atoms with van der Waals surface area (Å²) in [5.74, 6) is 0.892. The summed E-state index contributed by atoms with van der Waals surface area (Å²) in [6.45, 7) is 9.22. The van der Waals surface area contributed by atoms with Crippen LogP contribution in [0, 0.1) is 0 Å². The number of nitrogens with zero attached hydrogens (tertiary/aromatic N) is 2. The SMILES string of the molecule is CCCN(CCNCc1ccc(C(=O)NCc2ccccc2)cc1)Cc1ccc(OCCCN(C)C)cc1. The van der Waals surface area contributed by atoms with Crippen molar-refractivity contribution in [1.29, 1.82) is 0 Å². The topological polar surface area (TPSA) is 56.8 Å². The van der Waals surface area contributed by atoms with Gasteiger partial charge in [-0.05, 0) is 74.4 Å². The Labute approximate surface area is 229 Å². The number of nitrogens with one attached hydrogen (secondary N) is 2. The normalized spacial score (nSPS) is 11.2. The van der Waals surface area contributed by atoms with Gasteiger partial charge in [0, 0.05) is 44.8 Å². The molecule has 6 heteroatoms. The number of rotatable bonds is 17. The highest BCUT2D eigenvalue weighted by atomic mass is 16.5. The van der Waals surface area contributed by atoms with E-state index < -0.39 is 0 Å². The number of ether oxygens (including phenoxy) is 1. The lowest BCUT2D eigenvalue weighted by Gasteiger charge is -2.22. The van der Waals surface area contributed by atoms with Crippen molar-refractivity contribution in [3.63, 3.8) is 0 Å². The fourth-order valence-electron chi connectivity index (χ4n) is 4.23. The molecule has 0 fully saturated rings. The van der Waals surface area contributed by atoms with Crippen molar-refractivity contribution in [3.05, 3.63) is 101 Å². The Kier molecular flexibility index (Phi) is 12.8. The summed E-state index contributed by atoms with van der Waals surface area (Å²) in [6, 6.07) is 26.3. The van der Waals surface area contributed by atoms with Crippen LogP contribution in [0.25, 0.3) is 0 Å². The molecule has 0 spiro atoms. The second-order valence-electron chi connectivity index (χ2n) is 9.97. The minimum absolute atomic E-state index is 0.0486. The van der Waals surface area contributed by atoms with E-state index in [4.69, 9.17) is 4.74 Å². The summed E-state index contributed by atoms with van der Waals surface area (Å²) >= 11 is 0. The van der Waals surface area contributed by atoms with Crippen LogP contribution in [0.1, 0.15) is 46.8 Å². The molecule has 0 aromatic heterocycles. The summed E-state index contributed by atoms with van der Waals surface area (Å²) in [5.41, 5.74) is 4.26. The zero-order valence-electron chi connectivity index (χ0n) is 23.3. The van der Waals surface area contributed by atoms with Crippen LogP contribution < -0.4 is 15.4 Å². The van der Waals surface area contributed by atoms with E-state index in [0.717, 1.165) is 70.0 Å². The lowest BCUT2D eigenvalue weighted by atomic mass is 10.1. The van der Waals surface area contributed by atoms with Crippen molar-refractivity contribution in [2.45, 2.75) is 39.4 Å². The van der Waals surface area contributed by atoms with E-state index >= 15 is 0 Å². The molecule has 0 saturated heterocycles. The lowest BCUT2D eigenvalue weighted by molar-refractivity contribution is 0.0951. The van der Waals surface area contributed by atoms with Gasteiger partial charge < -0.3 is 20.3 Å². The minimum atomic E-state index is -0.0486. The molecule has 38 heavy (non-hydrogen) atoms. The standard InChI is InChI=1S/C32H44N4O2/c1-4-20-36(26-29-13-17-31(18-14-29)38-23-8-21-35(2)3)22-19-33-24-28-11-15-30(16-12-28)32(37)34-25-27-9-6-5-7-10-27/h5-7,9-18,33H,4,8,19-26H2,1-3H3,(H,34,37). The van der Waals surface area contributed by atoms with E-state index in [0.29, 0.717) is 12.1 Å². The molecule has 0 unspecified atom stereocenters. The van der Waals surface area contributed by atoms with Gasteiger partial charge in [-0.1, -0.05) is 61.5 Å². The third-order valence-electron chi connectivity index (χ3n) is 6.33. The van der Waals surface area contributed by atoms with Gasteiger partial charge in [-0.25, -0.2) is 0 Å². The number of amides is 1. The van der Waals surface area contributed by atoms with E-state index in [1.54, 1.807) is 0 Å². The molecule has 0 radical (unpaired) electrons. The molecule has 0 heterocycles. The number of hydrogen-bond donors (Lipinski definition) is 2. The molecule has 2 N–H and O–H groups in total. The Balaban J connectivity index is 1.36. The Hall–Kier alpha value is -3.19. The number of carbonyl (C=O) groups is 1. The van der Waals surface area contributed by atoms with Gasteiger partial charge in [0.25, 0.3) is 5.91 Å². The van der Waals surface area contributed by atoms with Gasteiger partial charge >= 0.3 is 0 Å². The maximum Gasteiger partial charge on any atom is 0.251 e. The molecule has 0 bridgehead atoms. The maximum atomic E-state index is 12.4. The van der Waals surface area contributed by atoms with Crippen molar-refractivity contribution in [2.75, 3.05) is 46.9 Å². The van der Waals surface area contributed by atoms with Gasteiger partial charge in [-0.15, -0.1) is 0 Å². The van der Waals surface area contributed by atoms with Gasteiger partial charge in [0.15, 0.2) is 0 Å². The minimum Gasteiger partial charge on any atom is -0.494 e. The third-order valence-corrected chi connectivity index (χ3v) is 6.33. The highest BCUT2D eigenvalue weighted by Crippen LogP contribution is 2.14. The highest BCUT2D eigenvalue weighted by Gasteiger charge is 2.07. The van der Waals surface area contributed by atoms with Crippen LogP contribution in [0.15, 0.2) is 78.9 Å². The molecule has 0 aliphatic rings. The fourth-order valence-corrected chi connectivity index (χ4v) is 4.23. The predicted octanol–water partition coefficient (Wildman–Crippen LogP) is 4.95. The molecule has 0 atom stereocenters. The first-order valence-corrected chi connectivity index (χ1v) is 13.7. The van der Waals surface area contributed by atoms with E-state index in [1.165, 1.54) is 11.1 Å². The first kappa shape index (κ1) is 29.4. The molecule has 0 aliphatic heterocycles. The molecular formula is C32H44N4O2. The zero-order chi connectivity index (χ0) is 27.0. The van der Waals surface area contributed by atoms with Crippen LogP contribution in [0.5, 0.6) is 5.75 Å². The van der Waals surface area contributed by atoms with E-state index in [1.807, 2.05) is 54.6 Å². The smallest absolute Gasteiger partial charge is 0.251 e. The zero-order valence-corrected chi connectivity index (χ0v) is 23.3. The van der Waals surface area contributed by atoms with Crippen LogP contribution in [0.3, 0.4) is 0 Å². The number of hydrogen-bond acceptors (Lipinski definition) is 5. The predicted molar refractivity (Wildman–Crippen MR) is 156 cm³/mol. The van der Waals surface area contributed by atoms with Crippen LogP contribution in [0.2, 0.25) is 0 Å². The van der Waals surface area contributed by atoms with Crippen LogP contribution in [0.4, 0.5) is 0 Å². The third kappa shape index (κ3) is 11.1. The first-order valence-electron chi connectivity index (χ1n) is 13.7. The molecule has 0 aliphatic carbocycles. The van der Waals surface area contributed by atoms with E-state index in [9.17, 15) is 4.79 Å². The molecule has 3 rings (SSSR count). The Morgan fingerprint density at radius 1 is 0.789 bits per heavy atom. The Morgan fingerprint density at radius 2 is 1.47 bits per heavy atom. The van der Waals surface area contributed by atoms with Gasteiger partial charge in [0.1, 0.15) is 5.75 Å². The van der Waals surface area contributed by atoms with Crippen LogP contribution in [-0.4, -0.2) is 62.6 Å². The number of benzene rings is 3. The van der Waals surface area contributed by atoms with Crippen molar-refractivity contribution in [1.82, 2.24) is 20.4 Å². The Bertz CT molecular complexity index is 1050. The summed E-state index contributed by atoms with van der Waals surface area (Å²) in [5, 5.41) is 6.53. The quantitative estimate of drug-likeness (QED) is 0.249. The summed E-state index contributed by atoms with van der Waals surface area (Å²) in [6.07, 6.45) is 2.15. The number of carbonyl (C=O) groups excluding carboxylic acids is 1. The average Bonchev–Trinajstić information content (AvgIpc) is 2.94. The molecular weight excluding hydrogens is 472 g/mol. The van der Waals surface area contributed by atoms with Gasteiger partial charge in [0.05, 0.1) is 6.61 Å².